The molecule has 4 rings (SSSR count). The van der Waals surface area contributed by atoms with Gasteiger partial charge in [0.1, 0.15) is 15.7 Å². The van der Waals surface area contributed by atoms with Crippen molar-refractivity contribution in [2.24, 2.45) is 4.99 Å². The van der Waals surface area contributed by atoms with Crippen LogP contribution in [0, 0.1) is 11.6 Å². The maximum Gasteiger partial charge on any atom is 0.425 e. The zero-order chi connectivity index (χ0) is 22.3. The molecule has 0 amide bonds. The lowest BCUT2D eigenvalue weighted by molar-refractivity contribution is -0.134. The van der Waals surface area contributed by atoms with Gasteiger partial charge in [-0.25, -0.2) is 13.8 Å². The molecule has 33 heavy (non-hydrogen) atoms. The monoisotopic (exact) mass is 532 g/mol. The number of rotatable bonds is 3. The Kier molecular flexibility index (Phi) is 8.97. The van der Waals surface area contributed by atoms with Crippen LogP contribution in [0.4, 0.5) is 38.3 Å². The van der Waals surface area contributed by atoms with Crippen LogP contribution in [0.2, 0.25) is 0 Å². The van der Waals surface area contributed by atoms with Crippen molar-refractivity contribution in [1.82, 2.24) is 9.80 Å². The summed E-state index contributed by atoms with van der Waals surface area (Å²) in [6, 6.07) is 3.03. The first kappa shape index (κ1) is 27.6. The van der Waals surface area contributed by atoms with Gasteiger partial charge in [0.05, 0.1) is 16.9 Å². The van der Waals surface area contributed by atoms with E-state index in [1.54, 1.807) is 7.11 Å². The summed E-state index contributed by atoms with van der Waals surface area (Å²) in [5.74, 6) is -1.85. The largest absolute Gasteiger partial charge is 0.425 e. The van der Waals surface area contributed by atoms with Crippen molar-refractivity contribution in [2.45, 2.75) is 18.6 Å². The third-order valence-electron chi connectivity index (χ3n) is 5.50. The molecule has 1 atom stereocenters. The molecule has 184 valence electrons. The predicted molar refractivity (Wildman–Crippen MR) is 124 cm³/mol. The predicted octanol–water partition coefficient (Wildman–Crippen LogP) is 5.68. The molecule has 2 aromatic rings. The molecule has 0 spiro atoms. The van der Waals surface area contributed by atoms with E-state index in [0.29, 0.717) is 43.4 Å². The van der Waals surface area contributed by atoms with Gasteiger partial charge in [-0.2, -0.15) is 13.2 Å². The fraction of sp³-hybridized carbons (Fsp3) is 0.450. The minimum absolute atomic E-state index is 0. The van der Waals surface area contributed by atoms with Crippen molar-refractivity contribution in [3.05, 3.63) is 40.3 Å². The summed E-state index contributed by atoms with van der Waals surface area (Å²) in [6.45, 7) is 2.28. The number of alkyl halides is 3. The van der Waals surface area contributed by atoms with Gasteiger partial charge in [-0.3, -0.25) is 4.90 Å². The molecule has 2 aliphatic rings. The number of benzene rings is 1. The van der Waals surface area contributed by atoms with E-state index in [0.717, 1.165) is 24.6 Å². The van der Waals surface area contributed by atoms with Crippen molar-refractivity contribution in [3.8, 4) is 0 Å². The lowest BCUT2D eigenvalue weighted by Gasteiger charge is -2.40. The summed E-state index contributed by atoms with van der Waals surface area (Å²) in [4.78, 5) is 7.80. The molecular formula is C20H23Cl2F5N4OS. The van der Waals surface area contributed by atoms with E-state index in [-0.39, 0.29) is 52.8 Å². The number of hydrogen-bond donors (Lipinski definition) is 1. The number of anilines is 2. The number of fused-ring (bicyclic) bond motifs is 2. The number of nitrogens with zero attached hydrogens (tertiary/aromatic N) is 3. The summed E-state index contributed by atoms with van der Waals surface area (Å²) in [7, 11) is 3.60. The standard InChI is InChI=1S/C20H21F5N4OS.2ClH/c1-28-4-5-29(10-11(28)3-6-30-2)18-12-7-17(20(23,24)25)31-19(12)27-16-9-14(22)13(21)8-15(16)26-18;;/h7-9,11,27H,3-6,10H2,1-2H3;2*1H. The van der Waals surface area contributed by atoms with Crippen LogP contribution >= 0.6 is 36.2 Å². The number of halogens is 7. The van der Waals surface area contributed by atoms with Crippen LogP contribution in [0.25, 0.3) is 0 Å². The number of likely N-dealkylation sites (N-methyl/N-ethyl adjacent to an activating group) is 1. The van der Waals surface area contributed by atoms with E-state index in [4.69, 9.17) is 4.74 Å². The first-order chi connectivity index (χ1) is 14.7. The Balaban J connectivity index is 0.00000193. The molecule has 1 aromatic heterocycles. The average Bonchev–Trinajstić information content (AvgIpc) is 3.07. The molecule has 13 heteroatoms. The van der Waals surface area contributed by atoms with Crippen LogP contribution in [-0.4, -0.2) is 62.1 Å². The minimum Gasteiger partial charge on any atom is -0.385 e. The van der Waals surface area contributed by atoms with Crippen molar-refractivity contribution in [1.29, 1.82) is 0 Å². The van der Waals surface area contributed by atoms with Gasteiger partial charge in [-0.1, -0.05) is 0 Å². The second-order valence-electron chi connectivity index (χ2n) is 7.56. The quantitative estimate of drug-likeness (QED) is 0.516. The van der Waals surface area contributed by atoms with E-state index in [1.165, 1.54) is 0 Å². The number of thiophene rings is 1. The van der Waals surface area contributed by atoms with Crippen LogP contribution in [-0.2, 0) is 10.9 Å². The third kappa shape index (κ3) is 5.71. The van der Waals surface area contributed by atoms with E-state index in [2.05, 4.69) is 15.2 Å². The smallest absolute Gasteiger partial charge is 0.385 e. The molecule has 3 heterocycles. The molecule has 0 bridgehead atoms. The molecule has 1 fully saturated rings. The number of amidine groups is 1. The topological polar surface area (TPSA) is 40.1 Å². The van der Waals surface area contributed by atoms with Crippen LogP contribution in [0.15, 0.2) is 23.2 Å². The van der Waals surface area contributed by atoms with Gasteiger partial charge in [0.15, 0.2) is 11.6 Å². The van der Waals surface area contributed by atoms with Crippen molar-refractivity contribution in [3.63, 3.8) is 0 Å². The summed E-state index contributed by atoms with van der Waals surface area (Å²) in [6.07, 6.45) is -3.78. The highest BCUT2D eigenvalue weighted by Crippen LogP contribution is 2.44. The van der Waals surface area contributed by atoms with Crippen molar-refractivity contribution in [2.75, 3.05) is 45.7 Å². The van der Waals surface area contributed by atoms with Gasteiger partial charge in [-0.05, 0) is 19.5 Å². The Morgan fingerprint density at radius 1 is 1.15 bits per heavy atom. The summed E-state index contributed by atoms with van der Waals surface area (Å²) >= 11 is 0.522. The zero-order valence-electron chi connectivity index (χ0n) is 17.7. The van der Waals surface area contributed by atoms with Crippen LogP contribution in [0.5, 0.6) is 0 Å². The molecule has 1 aromatic carbocycles. The van der Waals surface area contributed by atoms with Crippen LogP contribution in [0.3, 0.4) is 0 Å². The zero-order valence-corrected chi connectivity index (χ0v) is 20.2. The third-order valence-corrected chi connectivity index (χ3v) is 6.59. The Morgan fingerprint density at radius 2 is 1.85 bits per heavy atom. The van der Waals surface area contributed by atoms with Crippen LogP contribution < -0.4 is 5.32 Å². The molecule has 1 N–H and O–H groups in total. The molecule has 0 aliphatic carbocycles. The maximum atomic E-state index is 13.9. The lowest BCUT2D eigenvalue weighted by Crippen LogP contribution is -2.53. The number of methoxy groups -OCH3 is 1. The second kappa shape index (κ2) is 10.7. The summed E-state index contributed by atoms with van der Waals surface area (Å²) in [5.41, 5.74) is 0.526. The number of hydrogen-bond acceptors (Lipinski definition) is 6. The maximum absolute atomic E-state index is 13.9. The SMILES string of the molecule is COCCC1CN(C2=Nc3cc(F)c(F)cc3Nc3sc(C(F)(F)F)cc32)CCN1C.Cl.Cl. The van der Waals surface area contributed by atoms with E-state index in [1.807, 2.05) is 11.9 Å². The molecular weight excluding hydrogens is 510 g/mol. The molecule has 2 aliphatic heterocycles. The fourth-order valence-electron chi connectivity index (χ4n) is 3.76. The lowest BCUT2D eigenvalue weighted by atomic mass is 10.1. The van der Waals surface area contributed by atoms with E-state index in [9.17, 15) is 22.0 Å². The Hall–Kier alpha value is -1.66. The molecule has 5 nitrogen and oxygen atoms in total. The van der Waals surface area contributed by atoms with Crippen LogP contribution in [0.1, 0.15) is 16.9 Å². The number of aliphatic imine (C=N–C) groups is 1. The number of piperazine rings is 1. The van der Waals surface area contributed by atoms with Gasteiger partial charge in [0.25, 0.3) is 0 Å². The van der Waals surface area contributed by atoms with Crippen molar-refractivity contribution >= 4 is 58.4 Å². The highest BCUT2D eigenvalue weighted by molar-refractivity contribution is 7.16. The van der Waals surface area contributed by atoms with Gasteiger partial charge < -0.3 is 15.0 Å². The minimum atomic E-state index is -4.52. The Labute approximate surface area is 204 Å². The van der Waals surface area contributed by atoms with Gasteiger partial charge in [0.2, 0.25) is 0 Å². The summed E-state index contributed by atoms with van der Waals surface area (Å²) < 4.78 is 73.1. The van der Waals surface area contributed by atoms with Gasteiger partial charge >= 0.3 is 6.18 Å². The number of ether oxygens (including phenoxy) is 1. The Morgan fingerprint density at radius 3 is 2.52 bits per heavy atom. The van der Waals surface area contributed by atoms with Crippen molar-refractivity contribution < 1.29 is 26.7 Å². The normalized spacial score (nSPS) is 18.2. The number of nitrogens with one attached hydrogen (secondary N) is 1. The Bertz CT molecular complexity index is 1020. The van der Waals surface area contributed by atoms with Gasteiger partial charge in [0, 0.05) is 51.5 Å². The molecule has 0 saturated carbocycles. The first-order valence-corrected chi connectivity index (χ1v) is 10.5. The molecule has 0 radical (unpaired) electrons. The highest BCUT2D eigenvalue weighted by atomic mass is 35.5. The fourth-order valence-corrected chi connectivity index (χ4v) is 4.69. The van der Waals surface area contributed by atoms with E-state index < -0.39 is 22.7 Å². The van der Waals surface area contributed by atoms with Gasteiger partial charge in [-0.15, -0.1) is 36.2 Å². The van der Waals surface area contributed by atoms with E-state index >= 15 is 0 Å². The molecule has 1 unspecified atom stereocenters. The summed E-state index contributed by atoms with van der Waals surface area (Å²) in [5, 5.41) is 3.02. The molecule has 1 saturated heterocycles. The highest BCUT2D eigenvalue weighted by Gasteiger charge is 2.37. The second-order valence-corrected chi connectivity index (χ2v) is 8.61. The first-order valence-electron chi connectivity index (χ1n) is 9.67. The average molecular weight is 533 g/mol.